The number of carbonyl (C=O) groups excluding carboxylic acids is 3. The Morgan fingerprint density at radius 1 is 0.911 bits per heavy atom. The Balaban J connectivity index is 1.36. The van der Waals surface area contributed by atoms with Crippen LogP contribution in [0.1, 0.15) is 56.1 Å². The molecule has 0 saturated carbocycles. The number of nitrogens with two attached hydrogens (primary N) is 1. The Bertz CT molecular complexity index is 1790. The second-order valence-corrected chi connectivity index (χ2v) is 14.1. The first-order valence-corrected chi connectivity index (χ1v) is 16.8. The number of imide groups is 1. The van der Waals surface area contributed by atoms with Crippen LogP contribution in [0.3, 0.4) is 0 Å². The Hall–Kier alpha value is -4.36. The fourth-order valence-electron chi connectivity index (χ4n) is 5.33. The van der Waals surface area contributed by atoms with E-state index in [2.05, 4.69) is 27.7 Å². The van der Waals surface area contributed by atoms with Crippen LogP contribution in [0.15, 0.2) is 89.8 Å². The number of hydrogen-bond acceptors (Lipinski definition) is 7. The first kappa shape index (κ1) is 32.0. The van der Waals surface area contributed by atoms with Gasteiger partial charge in [-0.15, -0.1) is 11.3 Å². The lowest BCUT2D eigenvalue weighted by molar-refractivity contribution is 0.0965. The Morgan fingerprint density at radius 2 is 1.53 bits per heavy atom. The van der Waals surface area contributed by atoms with Crippen LogP contribution < -0.4 is 16.4 Å². The van der Waals surface area contributed by atoms with Crippen molar-refractivity contribution in [2.45, 2.75) is 50.8 Å². The number of thiophene rings is 1. The standard InChI is InChI=1S/C33H35N5O5S2/c1-22(2)38(20-24-11-7-4-8-12-24)45(42,43)26-15-13-25(14-16-26)30(39)35-32-29(31(40)36-33(34)41)27-17-18-37(21-28(27)44-32)19-23-9-5-3-6-10-23/h3-16,22H,17-21H2,1-2H3,(H,35,39)(H3,34,36,40,41). The van der Waals surface area contributed by atoms with E-state index in [0.717, 1.165) is 22.5 Å². The zero-order chi connectivity index (χ0) is 32.1. The van der Waals surface area contributed by atoms with Gasteiger partial charge in [-0.05, 0) is 61.2 Å². The number of carbonyl (C=O) groups is 3. The van der Waals surface area contributed by atoms with E-state index in [4.69, 9.17) is 5.73 Å². The average Bonchev–Trinajstić information content (AvgIpc) is 3.37. The largest absolute Gasteiger partial charge is 0.351 e. The van der Waals surface area contributed by atoms with Crippen molar-refractivity contribution < 1.29 is 22.8 Å². The summed E-state index contributed by atoms with van der Waals surface area (Å²) in [6.45, 7) is 5.84. The summed E-state index contributed by atoms with van der Waals surface area (Å²) in [5.74, 6) is -1.20. The van der Waals surface area contributed by atoms with E-state index in [-0.39, 0.29) is 28.6 Å². The fraction of sp³-hybridized carbons (Fsp3) is 0.242. The number of amides is 4. The van der Waals surface area contributed by atoms with Gasteiger partial charge in [-0.3, -0.25) is 19.8 Å². The highest BCUT2D eigenvalue weighted by Crippen LogP contribution is 2.38. The van der Waals surface area contributed by atoms with Crippen molar-refractivity contribution in [3.05, 3.63) is 118 Å². The molecule has 45 heavy (non-hydrogen) atoms. The zero-order valence-electron chi connectivity index (χ0n) is 25.0. The minimum Gasteiger partial charge on any atom is -0.351 e. The third-order valence-corrected chi connectivity index (χ3v) is 10.7. The molecule has 0 radical (unpaired) electrons. The highest BCUT2D eigenvalue weighted by atomic mass is 32.2. The Labute approximate surface area is 266 Å². The minimum atomic E-state index is -3.86. The first-order valence-electron chi connectivity index (χ1n) is 14.5. The number of sulfonamides is 1. The van der Waals surface area contributed by atoms with Crippen LogP contribution in [-0.2, 0) is 36.1 Å². The smallest absolute Gasteiger partial charge is 0.319 e. The van der Waals surface area contributed by atoms with Gasteiger partial charge in [0.25, 0.3) is 11.8 Å². The minimum absolute atomic E-state index is 0.0651. The molecule has 4 N–H and O–H groups in total. The van der Waals surface area contributed by atoms with Gasteiger partial charge in [-0.1, -0.05) is 60.7 Å². The molecule has 4 aromatic rings. The average molecular weight is 646 g/mol. The molecule has 0 bridgehead atoms. The highest BCUT2D eigenvalue weighted by molar-refractivity contribution is 7.89. The molecule has 1 aliphatic heterocycles. The highest BCUT2D eigenvalue weighted by Gasteiger charge is 2.30. The summed E-state index contributed by atoms with van der Waals surface area (Å²) in [5.41, 5.74) is 8.48. The number of rotatable bonds is 10. The predicted octanol–water partition coefficient (Wildman–Crippen LogP) is 4.97. The van der Waals surface area contributed by atoms with Crippen molar-refractivity contribution >= 4 is 44.2 Å². The van der Waals surface area contributed by atoms with Gasteiger partial charge < -0.3 is 11.1 Å². The topological polar surface area (TPSA) is 142 Å². The molecule has 0 fully saturated rings. The van der Waals surface area contributed by atoms with E-state index in [0.29, 0.717) is 24.5 Å². The second-order valence-electron chi connectivity index (χ2n) is 11.1. The monoisotopic (exact) mass is 645 g/mol. The molecular weight excluding hydrogens is 611 g/mol. The normalized spacial score (nSPS) is 13.4. The molecule has 1 aromatic heterocycles. The number of anilines is 1. The van der Waals surface area contributed by atoms with Crippen LogP contribution in [0.4, 0.5) is 9.80 Å². The fourth-order valence-corrected chi connectivity index (χ4v) is 8.24. The van der Waals surface area contributed by atoms with E-state index < -0.39 is 27.9 Å². The maximum Gasteiger partial charge on any atom is 0.319 e. The zero-order valence-corrected chi connectivity index (χ0v) is 26.7. The Morgan fingerprint density at radius 3 is 2.13 bits per heavy atom. The molecule has 234 valence electrons. The molecule has 1 aliphatic rings. The molecule has 4 amide bonds. The van der Waals surface area contributed by atoms with Crippen LogP contribution in [0.5, 0.6) is 0 Å². The van der Waals surface area contributed by atoms with Crippen LogP contribution >= 0.6 is 11.3 Å². The summed E-state index contributed by atoms with van der Waals surface area (Å²) < 4.78 is 28.5. The van der Waals surface area contributed by atoms with Gasteiger partial charge in [0.05, 0.1) is 10.5 Å². The lowest BCUT2D eigenvalue weighted by Crippen LogP contribution is -2.36. The third-order valence-electron chi connectivity index (χ3n) is 7.56. The van der Waals surface area contributed by atoms with Gasteiger partial charge in [-0.2, -0.15) is 4.31 Å². The van der Waals surface area contributed by atoms with Crippen molar-refractivity contribution in [3.63, 3.8) is 0 Å². The lowest BCUT2D eigenvalue weighted by atomic mass is 10.0. The van der Waals surface area contributed by atoms with E-state index in [1.807, 2.05) is 62.4 Å². The number of hydrogen-bond donors (Lipinski definition) is 3. The summed E-state index contributed by atoms with van der Waals surface area (Å²) in [6.07, 6.45) is 0.554. The molecule has 0 unspecified atom stereocenters. The number of fused-ring (bicyclic) bond motifs is 1. The van der Waals surface area contributed by atoms with Gasteiger partial charge in [0.1, 0.15) is 5.00 Å². The SMILES string of the molecule is CC(C)N(Cc1ccccc1)S(=O)(=O)c1ccc(C(=O)Nc2sc3c(c2C(=O)NC(N)=O)CCN(Cc2ccccc2)C3)cc1. The summed E-state index contributed by atoms with van der Waals surface area (Å²) in [4.78, 5) is 41.2. The molecule has 2 heterocycles. The predicted molar refractivity (Wildman–Crippen MR) is 174 cm³/mol. The van der Waals surface area contributed by atoms with E-state index in [1.54, 1.807) is 0 Å². The van der Waals surface area contributed by atoms with Crippen molar-refractivity contribution in [2.75, 3.05) is 11.9 Å². The lowest BCUT2D eigenvalue weighted by Gasteiger charge is -2.27. The number of urea groups is 1. The maximum atomic E-state index is 13.6. The number of primary amides is 1. The molecule has 12 heteroatoms. The molecule has 5 rings (SSSR count). The number of nitrogens with zero attached hydrogens (tertiary/aromatic N) is 2. The number of benzene rings is 3. The van der Waals surface area contributed by atoms with Gasteiger partial charge >= 0.3 is 6.03 Å². The third kappa shape index (κ3) is 7.48. The molecule has 0 spiro atoms. The second kappa shape index (κ2) is 13.7. The van der Waals surface area contributed by atoms with E-state index >= 15 is 0 Å². The van der Waals surface area contributed by atoms with Gasteiger partial charge in [-0.25, -0.2) is 13.2 Å². The van der Waals surface area contributed by atoms with Crippen LogP contribution in [-0.4, -0.2) is 48.1 Å². The number of nitrogens with one attached hydrogen (secondary N) is 2. The van der Waals surface area contributed by atoms with E-state index in [9.17, 15) is 22.8 Å². The quantitative estimate of drug-likeness (QED) is 0.223. The summed E-state index contributed by atoms with van der Waals surface area (Å²) in [7, 11) is -3.86. The van der Waals surface area contributed by atoms with Crippen LogP contribution in [0, 0.1) is 0 Å². The maximum absolute atomic E-state index is 13.6. The van der Waals surface area contributed by atoms with Crippen molar-refractivity contribution in [2.24, 2.45) is 5.73 Å². The summed E-state index contributed by atoms with van der Waals surface area (Å²) in [5, 5.41) is 5.26. The Kier molecular flexibility index (Phi) is 9.78. The molecule has 3 aromatic carbocycles. The molecule has 0 saturated heterocycles. The molecule has 0 aliphatic carbocycles. The summed E-state index contributed by atoms with van der Waals surface area (Å²) in [6, 6.07) is 23.8. The van der Waals surface area contributed by atoms with Gasteiger partial charge in [0.2, 0.25) is 10.0 Å². The van der Waals surface area contributed by atoms with Crippen LogP contribution in [0.25, 0.3) is 0 Å². The van der Waals surface area contributed by atoms with E-state index in [1.165, 1.54) is 45.5 Å². The van der Waals surface area contributed by atoms with Crippen LogP contribution in [0.2, 0.25) is 0 Å². The van der Waals surface area contributed by atoms with Gasteiger partial charge in [0, 0.05) is 42.7 Å². The van der Waals surface area contributed by atoms with Crippen molar-refractivity contribution in [1.82, 2.24) is 14.5 Å². The first-order chi connectivity index (χ1) is 21.5. The summed E-state index contributed by atoms with van der Waals surface area (Å²) >= 11 is 1.28. The van der Waals surface area contributed by atoms with Gasteiger partial charge in [0.15, 0.2) is 0 Å². The molecular formula is C33H35N5O5S2. The van der Waals surface area contributed by atoms with Crippen molar-refractivity contribution in [1.29, 1.82) is 0 Å². The molecule has 0 atom stereocenters. The van der Waals surface area contributed by atoms with Crippen molar-refractivity contribution in [3.8, 4) is 0 Å². The molecule has 10 nitrogen and oxygen atoms in total.